The van der Waals surface area contributed by atoms with Gasteiger partial charge in [0, 0.05) is 6.20 Å². The van der Waals surface area contributed by atoms with Crippen LogP contribution in [0.1, 0.15) is 16.7 Å². The van der Waals surface area contributed by atoms with Crippen molar-refractivity contribution in [2.45, 2.75) is 20.4 Å². The molecule has 2 N–H and O–H groups in total. The van der Waals surface area contributed by atoms with E-state index in [0.29, 0.717) is 5.95 Å². The van der Waals surface area contributed by atoms with Crippen LogP contribution in [0.2, 0.25) is 0 Å². The number of aromatic nitrogens is 3. The molecule has 5 heteroatoms. The molecule has 18 heavy (non-hydrogen) atoms. The molecule has 0 atom stereocenters. The van der Waals surface area contributed by atoms with Crippen LogP contribution < -0.4 is 5.73 Å². The summed E-state index contributed by atoms with van der Waals surface area (Å²) in [4.78, 5) is 8.80. The van der Waals surface area contributed by atoms with Gasteiger partial charge in [-0.2, -0.15) is 11.3 Å². The van der Waals surface area contributed by atoms with Gasteiger partial charge in [0.05, 0.1) is 6.54 Å². The molecule has 0 unspecified atom stereocenters. The lowest BCUT2D eigenvalue weighted by Crippen LogP contribution is -2.05. The second-order valence-corrected chi connectivity index (χ2v) is 5.24. The molecule has 3 rings (SSSR count). The molecule has 0 bridgehead atoms. The number of nitrogens with zero attached hydrogens (tertiary/aromatic N) is 3. The van der Waals surface area contributed by atoms with Gasteiger partial charge in [0.25, 0.3) is 0 Å². The van der Waals surface area contributed by atoms with E-state index >= 15 is 0 Å². The summed E-state index contributed by atoms with van der Waals surface area (Å²) in [5.41, 5.74) is 11.4. The lowest BCUT2D eigenvalue weighted by molar-refractivity contribution is 0.825. The van der Waals surface area contributed by atoms with Gasteiger partial charge < -0.3 is 5.73 Å². The van der Waals surface area contributed by atoms with E-state index in [4.69, 9.17) is 5.73 Å². The zero-order valence-electron chi connectivity index (χ0n) is 10.3. The fraction of sp³-hybridized carbons (Fsp3) is 0.231. The SMILES string of the molecule is Cc1cnc2c(c1)nc(N)n2Cc1cscc1C. The topological polar surface area (TPSA) is 56.7 Å². The third kappa shape index (κ3) is 1.76. The molecule has 0 aliphatic rings. The van der Waals surface area contributed by atoms with Crippen LogP contribution in [-0.4, -0.2) is 14.5 Å². The van der Waals surface area contributed by atoms with Gasteiger partial charge in [0.15, 0.2) is 5.65 Å². The van der Waals surface area contributed by atoms with Gasteiger partial charge in [-0.25, -0.2) is 9.97 Å². The highest BCUT2D eigenvalue weighted by atomic mass is 32.1. The summed E-state index contributed by atoms with van der Waals surface area (Å²) >= 11 is 1.71. The summed E-state index contributed by atoms with van der Waals surface area (Å²) in [5, 5.41) is 4.29. The highest BCUT2D eigenvalue weighted by Gasteiger charge is 2.11. The predicted molar refractivity (Wildman–Crippen MR) is 74.8 cm³/mol. The van der Waals surface area contributed by atoms with E-state index in [1.54, 1.807) is 11.3 Å². The van der Waals surface area contributed by atoms with Crippen molar-refractivity contribution in [3.63, 3.8) is 0 Å². The number of imidazole rings is 1. The summed E-state index contributed by atoms with van der Waals surface area (Å²) in [6.07, 6.45) is 1.85. The molecule has 0 fully saturated rings. The zero-order valence-corrected chi connectivity index (χ0v) is 11.2. The minimum atomic E-state index is 0.522. The molecule has 92 valence electrons. The summed E-state index contributed by atoms with van der Waals surface area (Å²) < 4.78 is 1.96. The molecule has 0 aliphatic heterocycles. The normalized spacial score (nSPS) is 11.2. The van der Waals surface area contributed by atoms with Gasteiger partial charge in [0.2, 0.25) is 5.95 Å². The fourth-order valence-corrected chi connectivity index (χ4v) is 2.85. The van der Waals surface area contributed by atoms with E-state index < -0.39 is 0 Å². The van der Waals surface area contributed by atoms with E-state index in [2.05, 4.69) is 27.7 Å². The number of nitrogen functional groups attached to an aromatic ring is 1. The van der Waals surface area contributed by atoms with E-state index in [1.807, 2.05) is 23.8 Å². The van der Waals surface area contributed by atoms with Crippen LogP contribution >= 0.6 is 11.3 Å². The van der Waals surface area contributed by atoms with Gasteiger partial charge in [-0.3, -0.25) is 4.57 Å². The number of aryl methyl sites for hydroxylation is 2. The van der Waals surface area contributed by atoms with Gasteiger partial charge in [-0.1, -0.05) is 0 Å². The number of nitrogens with two attached hydrogens (primary N) is 1. The Balaban J connectivity index is 2.11. The minimum Gasteiger partial charge on any atom is -0.369 e. The van der Waals surface area contributed by atoms with Gasteiger partial charge in [0.1, 0.15) is 5.52 Å². The molecule has 3 aromatic rings. The van der Waals surface area contributed by atoms with Crippen LogP contribution in [0, 0.1) is 13.8 Å². The van der Waals surface area contributed by atoms with Crippen LogP contribution in [0.25, 0.3) is 11.2 Å². The van der Waals surface area contributed by atoms with Gasteiger partial charge in [-0.15, -0.1) is 0 Å². The van der Waals surface area contributed by atoms with Crippen LogP contribution in [-0.2, 0) is 6.54 Å². The number of thiophene rings is 1. The van der Waals surface area contributed by atoms with E-state index in [0.717, 1.165) is 23.3 Å². The molecule has 3 aromatic heterocycles. The zero-order chi connectivity index (χ0) is 12.7. The first-order valence-electron chi connectivity index (χ1n) is 5.75. The van der Waals surface area contributed by atoms with E-state index in [9.17, 15) is 0 Å². The number of hydrogen-bond donors (Lipinski definition) is 1. The van der Waals surface area contributed by atoms with Crippen molar-refractivity contribution in [3.05, 3.63) is 39.7 Å². The lowest BCUT2D eigenvalue weighted by atomic mass is 10.2. The molecule has 0 spiro atoms. The first kappa shape index (κ1) is 11.2. The van der Waals surface area contributed by atoms with Gasteiger partial charge >= 0.3 is 0 Å². The number of anilines is 1. The van der Waals surface area contributed by atoms with Crippen molar-refractivity contribution in [1.29, 1.82) is 0 Å². The van der Waals surface area contributed by atoms with Crippen LogP contribution in [0.5, 0.6) is 0 Å². The third-order valence-corrected chi connectivity index (χ3v) is 3.95. The first-order valence-corrected chi connectivity index (χ1v) is 6.69. The lowest BCUT2D eigenvalue weighted by Gasteiger charge is -2.05. The summed E-state index contributed by atoms with van der Waals surface area (Å²) in [6, 6.07) is 2.01. The second kappa shape index (κ2) is 4.10. The number of rotatable bonds is 2. The van der Waals surface area contributed by atoms with Crippen molar-refractivity contribution in [2.24, 2.45) is 0 Å². The Labute approximate surface area is 109 Å². The van der Waals surface area contributed by atoms with Crippen molar-refractivity contribution in [2.75, 3.05) is 5.73 Å². The fourth-order valence-electron chi connectivity index (χ4n) is 2.00. The molecule has 3 heterocycles. The second-order valence-electron chi connectivity index (χ2n) is 4.49. The first-order chi connectivity index (χ1) is 8.65. The standard InChI is InChI=1S/C13H14N4S/c1-8-3-11-12(15-4-8)17(13(14)16-11)5-10-7-18-6-9(10)2/h3-4,6-7H,5H2,1-2H3,(H2,14,16). The van der Waals surface area contributed by atoms with E-state index in [1.165, 1.54) is 11.1 Å². The minimum absolute atomic E-state index is 0.522. The smallest absolute Gasteiger partial charge is 0.202 e. The highest BCUT2D eigenvalue weighted by molar-refractivity contribution is 7.08. The quantitative estimate of drug-likeness (QED) is 0.769. The van der Waals surface area contributed by atoms with Crippen LogP contribution in [0.15, 0.2) is 23.0 Å². The van der Waals surface area contributed by atoms with Crippen molar-refractivity contribution >= 4 is 28.4 Å². The largest absolute Gasteiger partial charge is 0.369 e. The molecular weight excluding hydrogens is 244 g/mol. The highest BCUT2D eigenvalue weighted by Crippen LogP contribution is 2.21. The maximum Gasteiger partial charge on any atom is 0.202 e. The van der Waals surface area contributed by atoms with Crippen LogP contribution in [0.4, 0.5) is 5.95 Å². The average molecular weight is 258 g/mol. The van der Waals surface area contributed by atoms with Crippen molar-refractivity contribution < 1.29 is 0 Å². The Kier molecular flexibility index (Phi) is 2.56. The molecule has 0 radical (unpaired) electrons. The monoisotopic (exact) mass is 258 g/mol. The Bertz CT molecular complexity index is 711. The molecular formula is C13H14N4S. The summed E-state index contributed by atoms with van der Waals surface area (Å²) in [6.45, 7) is 4.84. The average Bonchev–Trinajstić information content (AvgIpc) is 2.85. The Hall–Kier alpha value is -1.88. The Morgan fingerprint density at radius 3 is 2.89 bits per heavy atom. The molecule has 0 saturated carbocycles. The maximum absolute atomic E-state index is 5.99. The van der Waals surface area contributed by atoms with Crippen molar-refractivity contribution in [3.8, 4) is 0 Å². The Morgan fingerprint density at radius 2 is 2.17 bits per heavy atom. The molecule has 0 amide bonds. The molecule has 4 nitrogen and oxygen atoms in total. The van der Waals surface area contributed by atoms with Gasteiger partial charge in [-0.05, 0) is 47.4 Å². The number of fused-ring (bicyclic) bond motifs is 1. The van der Waals surface area contributed by atoms with Crippen LogP contribution in [0.3, 0.4) is 0 Å². The van der Waals surface area contributed by atoms with E-state index in [-0.39, 0.29) is 0 Å². The predicted octanol–water partition coefficient (Wildman–Crippen LogP) is 2.74. The third-order valence-electron chi connectivity index (χ3n) is 3.04. The van der Waals surface area contributed by atoms with Crippen molar-refractivity contribution in [1.82, 2.24) is 14.5 Å². The number of pyridine rings is 1. The Morgan fingerprint density at radius 1 is 1.33 bits per heavy atom. The summed E-state index contributed by atoms with van der Waals surface area (Å²) in [7, 11) is 0. The molecule has 0 saturated heterocycles. The maximum atomic E-state index is 5.99. The molecule has 0 aromatic carbocycles. The number of hydrogen-bond acceptors (Lipinski definition) is 4. The molecule has 0 aliphatic carbocycles. The summed E-state index contributed by atoms with van der Waals surface area (Å²) in [5.74, 6) is 0.522.